The van der Waals surface area contributed by atoms with Crippen LogP contribution in [0, 0.1) is 11.3 Å². The SMILES string of the molecule is C=C(C)NCCc1c[nH]c2/c1=C\C(C#N)=CCC/C=2. The van der Waals surface area contributed by atoms with E-state index in [1.807, 2.05) is 25.3 Å². The predicted octanol–water partition coefficient (Wildman–Crippen LogP) is 1.49. The Morgan fingerprint density at radius 2 is 2.26 bits per heavy atom. The molecule has 1 aromatic rings. The van der Waals surface area contributed by atoms with E-state index in [9.17, 15) is 0 Å². The molecule has 1 aliphatic rings. The number of nitrogens with one attached hydrogen (secondary N) is 2. The van der Waals surface area contributed by atoms with Crippen LogP contribution in [0.5, 0.6) is 0 Å². The number of hydrogen-bond donors (Lipinski definition) is 2. The molecule has 1 heterocycles. The highest BCUT2D eigenvalue weighted by Crippen LogP contribution is 2.03. The van der Waals surface area contributed by atoms with E-state index >= 15 is 0 Å². The lowest BCUT2D eigenvalue weighted by Gasteiger charge is -2.03. The molecule has 0 spiro atoms. The number of nitrogens with zero attached hydrogens (tertiary/aromatic N) is 1. The summed E-state index contributed by atoms with van der Waals surface area (Å²) in [6, 6.07) is 2.25. The first kappa shape index (κ1) is 13.2. The molecule has 1 aromatic heterocycles. The summed E-state index contributed by atoms with van der Waals surface area (Å²) in [6.07, 6.45) is 11.0. The largest absolute Gasteiger partial charge is 0.389 e. The minimum atomic E-state index is 0.753. The molecular weight excluding hydrogens is 234 g/mol. The maximum atomic E-state index is 9.12. The van der Waals surface area contributed by atoms with Crippen LogP contribution in [0.15, 0.2) is 30.1 Å². The van der Waals surface area contributed by atoms with Crippen molar-refractivity contribution >= 4 is 12.2 Å². The molecule has 0 amide bonds. The van der Waals surface area contributed by atoms with E-state index in [1.165, 1.54) is 5.56 Å². The summed E-state index contributed by atoms with van der Waals surface area (Å²) < 4.78 is 0. The number of aromatic amines is 1. The van der Waals surface area contributed by atoms with Crippen LogP contribution in [0.3, 0.4) is 0 Å². The van der Waals surface area contributed by atoms with E-state index in [-0.39, 0.29) is 0 Å². The lowest BCUT2D eigenvalue weighted by atomic mass is 10.1. The molecule has 2 N–H and O–H groups in total. The Bertz CT molecular complexity index is 653. The van der Waals surface area contributed by atoms with E-state index < -0.39 is 0 Å². The Hall–Kier alpha value is -2.21. The molecule has 3 nitrogen and oxygen atoms in total. The Labute approximate surface area is 113 Å². The first-order valence-electron chi connectivity index (χ1n) is 6.58. The third kappa shape index (κ3) is 3.38. The fourth-order valence-corrected chi connectivity index (χ4v) is 2.21. The van der Waals surface area contributed by atoms with Gasteiger partial charge in [-0.25, -0.2) is 0 Å². The van der Waals surface area contributed by atoms with Crippen molar-refractivity contribution in [1.82, 2.24) is 10.3 Å². The summed E-state index contributed by atoms with van der Waals surface area (Å²) in [7, 11) is 0. The molecule has 0 saturated carbocycles. The van der Waals surface area contributed by atoms with E-state index in [2.05, 4.69) is 29.0 Å². The number of rotatable bonds is 4. The van der Waals surface area contributed by atoms with Crippen LogP contribution in [-0.4, -0.2) is 11.5 Å². The average Bonchev–Trinajstić information content (AvgIpc) is 2.70. The topological polar surface area (TPSA) is 51.6 Å². The van der Waals surface area contributed by atoms with Crippen LogP contribution in [0.2, 0.25) is 0 Å². The Morgan fingerprint density at radius 1 is 1.47 bits per heavy atom. The molecule has 2 rings (SSSR count). The van der Waals surface area contributed by atoms with Gasteiger partial charge < -0.3 is 10.3 Å². The van der Waals surface area contributed by atoms with Crippen LogP contribution in [-0.2, 0) is 6.42 Å². The third-order valence-electron chi connectivity index (χ3n) is 3.17. The number of aromatic nitrogens is 1. The van der Waals surface area contributed by atoms with Crippen LogP contribution in [0.4, 0.5) is 0 Å². The van der Waals surface area contributed by atoms with Crippen molar-refractivity contribution in [3.63, 3.8) is 0 Å². The van der Waals surface area contributed by atoms with Crippen molar-refractivity contribution in [2.45, 2.75) is 26.2 Å². The second-order valence-electron chi connectivity index (χ2n) is 4.80. The van der Waals surface area contributed by atoms with Crippen molar-refractivity contribution in [1.29, 1.82) is 5.26 Å². The maximum absolute atomic E-state index is 9.12. The van der Waals surface area contributed by atoms with Gasteiger partial charge in [0, 0.05) is 34.6 Å². The molecular formula is C16H19N3. The Balaban J connectivity index is 2.32. The smallest absolute Gasteiger partial charge is 0.0988 e. The fourth-order valence-electron chi connectivity index (χ4n) is 2.21. The number of allylic oxidation sites excluding steroid dienone is 3. The van der Waals surface area contributed by atoms with E-state index in [4.69, 9.17) is 5.26 Å². The summed E-state index contributed by atoms with van der Waals surface area (Å²) in [4.78, 5) is 3.30. The van der Waals surface area contributed by atoms with E-state index in [1.54, 1.807) is 0 Å². The van der Waals surface area contributed by atoms with Gasteiger partial charge in [-0.3, -0.25) is 0 Å². The standard InChI is InChI=1S/C16H19N3/c1-12(2)18-8-7-14-11-19-16-6-4-3-5-13(10-17)9-15(14)16/h5-6,9,11,18-19H,1,3-4,7-8H2,2H3/b13-5?,15-9-,16-6-. The summed E-state index contributed by atoms with van der Waals surface area (Å²) in [6.45, 7) is 6.65. The lowest BCUT2D eigenvalue weighted by Crippen LogP contribution is -2.27. The second-order valence-corrected chi connectivity index (χ2v) is 4.80. The van der Waals surface area contributed by atoms with Crippen LogP contribution < -0.4 is 15.9 Å². The van der Waals surface area contributed by atoms with Gasteiger partial charge in [0.05, 0.1) is 6.07 Å². The molecule has 0 bridgehead atoms. The van der Waals surface area contributed by atoms with Gasteiger partial charge in [0.2, 0.25) is 0 Å². The lowest BCUT2D eigenvalue weighted by molar-refractivity contribution is 0.789. The number of fused-ring (bicyclic) bond motifs is 1. The van der Waals surface area contributed by atoms with E-state index in [0.717, 1.165) is 47.6 Å². The van der Waals surface area contributed by atoms with Gasteiger partial charge in [-0.2, -0.15) is 5.26 Å². The first-order chi connectivity index (χ1) is 9.20. The highest BCUT2D eigenvalue weighted by Gasteiger charge is 2.03. The molecule has 19 heavy (non-hydrogen) atoms. The first-order valence-corrected chi connectivity index (χ1v) is 6.58. The summed E-state index contributed by atoms with van der Waals surface area (Å²) in [5, 5.41) is 14.6. The van der Waals surface area contributed by atoms with Gasteiger partial charge >= 0.3 is 0 Å². The molecule has 0 fully saturated rings. The molecule has 0 unspecified atom stereocenters. The normalized spacial score (nSPS) is 17.4. The number of H-pyrrole nitrogens is 1. The minimum Gasteiger partial charge on any atom is -0.389 e. The molecule has 0 atom stereocenters. The van der Waals surface area contributed by atoms with Crippen molar-refractivity contribution < 1.29 is 0 Å². The van der Waals surface area contributed by atoms with Crippen LogP contribution >= 0.6 is 0 Å². The number of hydrogen-bond acceptors (Lipinski definition) is 2. The highest BCUT2D eigenvalue weighted by molar-refractivity contribution is 5.57. The molecule has 3 heteroatoms. The fraction of sp³-hybridized carbons (Fsp3) is 0.312. The maximum Gasteiger partial charge on any atom is 0.0988 e. The van der Waals surface area contributed by atoms with Gasteiger partial charge in [0.1, 0.15) is 0 Å². The molecule has 0 saturated heterocycles. The summed E-state index contributed by atoms with van der Waals surface area (Å²) >= 11 is 0. The van der Waals surface area contributed by atoms with Crippen molar-refractivity contribution in [2.75, 3.05) is 6.54 Å². The van der Waals surface area contributed by atoms with E-state index in [0.29, 0.717) is 0 Å². The zero-order chi connectivity index (χ0) is 13.7. The van der Waals surface area contributed by atoms with Crippen LogP contribution in [0.25, 0.3) is 12.2 Å². The molecule has 98 valence electrons. The van der Waals surface area contributed by atoms with Gasteiger partial charge in [0.15, 0.2) is 0 Å². The zero-order valence-corrected chi connectivity index (χ0v) is 11.3. The highest BCUT2D eigenvalue weighted by atomic mass is 14.9. The summed E-state index contributed by atoms with van der Waals surface area (Å²) in [5.74, 6) is 0. The average molecular weight is 253 g/mol. The van der Waals surface area contributed by atoms with Gasteiger partial charge in [-0.05, 0) is 37.8 Å². The summed E-state index contributed by atoms with van der Waals surface area (Å²) in [5.41, 5.74) is 2.97. The van der Waals surface area contributed by atoms with Crippen molar-refractivity contribution in [3.05, 3.63) is 46.3 Å². The van der Waals surface area contributed by atoms with Crippen LogP contribution in [0.1, 0.15) is 25.3 Å². The molecule has 1 aliphatic carbocycles. The zero-order valence-electron chi connectivity index (χ0n) is 11.3. The number of nitriles is 1. The monoisotopic (exact) mass is 253 g/mol. The Morgan fingerprint density at radius 3 is 3.00 bits per heavy atom. The second kappa shape index (κ2) is 6.10. The molecule has 0 aliphatic heterocycles. The van der Waals surface area contributed by atoms with Gasteiger partial charge in [-0.15, -0.1) is 0 Å². The molecule has 0 radical (unpaired) electrons. The predicted molar refractivity (Wildman–Crippen MR) is 78.4 cm³/mol. The van der Waals surface area contributed by atoms with Gasteiger partial charge in [0.25, 0.3) is 0 Å². The molecule has 0 aromatic carbocycles. The van der Waals surface area contributed by atoms with Crippen molar-refractivity contribution in [3.8, 4) is 6.07 Å². The Kier molecular flexibility index (Phi) is 4.25. The quantitative estimate of drug-likeness (QED) is 0.854. The van der Waals surface area contributed by atoms with Crippen molar-refractivity contribution in [2.24, 2.45) is 0 Å². The minimum absolute atomic E-state index is 0.753. The third-order valence-corrected chi connectivity index (χ3v) is 3.17. The van der Waals surface area contributed by atoms with Gasteiger partial charge in [-0.1, -0.05) is 18.7 Å².